The van der Waals surface area contributed by atoms with Gasteiger partial charge in [-0.05, 0) is 42.2 Å². The summed E-state index contributed by atoms with van der Waals surface area (Å²) in [6.07, 6.45) is 3.24. The van der Waals surface area contributed by atoms with Crippen molar-refractivity contribution in [2.45, 2.75) is 25.3 Å². The standard InChI is InChI=1S/C21H23N5O2/c1-28-18-12-8-11-17(15-18)20-22-24-26(23-20)19(16-9-4-2-5-10-16)21(27)25-13-6-3-7-14-25/h2,4-5,8-12,15,19H,3,6-7,13-14H2,1H3/t19-/m1/s1. The normalized spacial score (nSPS) is 15.2. The van der Waals surface area contributed by atoms with Crippen molar-refractivity contribution in [3.8, 4) is 17.1 Å². The number of nitrogens with zero attached hydrogens (tertiary/aromatic N) is 5. The molecule has 1 atom stereocenters. The zero-order chi connectivity index (χ0) is 19.3. The van der Waals surface area contributed by atoms with E-state index in [1.54, 1.807) is 7.11 Å². The van der Waals surface area contributed by atoms with Gasteiger partial charge in [0.2, 0.25) is 5.82 Å². The summed E-state index contributed by atoms with van der Waals surface area (Å²) in [6.45, 7) is 1.55. The van der Waals surface area contributed by atoms with Gasteiger partial charge in [-0.1, -0.05) is 42.5 Å². The number of piperidine rings is 1. The van der Waals surface area contributed by atoms with Crippen LogP contribution in [0.5, 0.6) is 5.75 Å². The second-order valence-electron chi connectivity index (χ2n) is 6.86. The molecule has 0 aliphatic carbocycles. The average Bonchev–Trinajstić information content (AvgIpc) is 3.25. The minimum Gasteiger partial charge on any atom is -0.497 e. The molecule has 2 aromatic carbocycles. The molecule has 1 aromatic heterocycles. The summed E-state index contributed by atoms with van der Waals surface area (Å²) in [7, 11) is 1.62. The second kappa shape index (κ2) is 8.21. The third-order valence-electron chi connectivity index (χ3n) is 5.00. The van der Waals surface area contributed by atoms with Crippen LogP contribution in [0.3, 0.4) is 0 Å². The molecule has 0 N–H and O–H groups in total. The van der Waals surface area contributed by atoms with E-state index in [1.807, 2.05) is 59.5 Å². The summed E-state index contributed by atoms with van der Waals surface area (Å²) in [5.74, 6) is 1.20. The third-order valence-corrected chi connectivity index (χ3v) is 5.00. The molecule has 1 aliphatic heterocycles. The lowest BCUT2D eigenvalue weighted by Gasteiger charge is -2.30. The third kappa shape index (κ3) is 3.74. The van der Waals surface area contributed by atoms with Crippen molar-refractivity contribution in [1.82, 2.24) is 25.1 Å². The molecule has 0 unspecified atom stereocenters. The first-order valence-electron chi connectivity index (χ1n) is 9.54. The van der Waals surface area contributed by atoms with Crippen LogP contribution in [-0.4, -0.2) is 51.2 Å². The summed E-state index contributed by atoms with van der Waals surface area (Å²) >= 11 is 0. The van der Waals surface area contributed by atoms with Crippen molar-refractivity contribution in [2.24, 2.45) is 0 Å². The Morgan fingerprint density at radius 3 is 2.57 bits per heavy atom. The predicted molar refractivity (Wildman–Crippen MR) is 105 cm³/mol. The van der Waals surface area contributed by atoms with E-state index in [1.165, 1.54) is 11.2 Å². The number of likely N-dealkylation sites (tertiary alicyclic amines) is 1. The van der Waals surface area contributed by atoms with Crippen LogP contribution in [0.1, 0.15) is 30.9 Å². The first-order chi connectivity index (χ1) is 13.8. The lowest BCUT2D eigenvalue weighted by molar-refractivity contribution is -0.135. The van der Waals surface area contributed by atoms with Gasteiger partial charge in [0.1, 0.15) is 5.75 Å². The Morgan fingerprint density at radius 2 is 1.82 bits per heavy atom. The fraction of sp³-hybridized carbons (Fsp3) is 0.333. The van der Waals surface area contributed by atoms with Gasteiger partial charge in [-0.2, -0.15) is 0 Å². The number of aromatic nitrogens is 4. The van der Waals surface area contributed by atoms with E-state index in [-0.39, 0.29) is 5.91 Å². The molecule has 0 bridgehead atoms. The molecule has 1 amide bonds. The predicted octanol–water partition coefficient (Wildman–Crippen LogP) is 2.95. The van der Waals surface area contributed by atoms with E-state index in [0.29, 0.717) is 5.82 Å². The Labute approximate surface area is 163 Å². The molecular weight excluding hydrogens is 354 g/mol. The molecule has 0 radical (unpaired) electrons. The highest BCUT2D eigenvalue weighted by Gasteiger charge is 2.30. The Kier molecular flexibility index (Phi) is 5.32. The van der Waals surface area contributed by atoms with Gasteiger partial charge in [0.05, 0.1) is 7.11 Å². The van der Waals surface area contributed by atoms with Gasteiger partial charge in [-0.25, -0.2) is 0 Å². The highest BCUT2D eigenvalue weighted by molar-refractivity contribution is 5.83. The van der Waals surface area contributed by atoms with Gasteiger partial charge in [0.15, 0.2) is 6.04 Å². The quantitative estimate of drug-likeness (QED) is 0.683. The molecule has 1 saturated heterocycles. The van der Waals surface area contributed by atoms with E-state index >= 15 is 0 Å². The molecule has 3 aromatic rings. The first-order valence-corrected chi connectivity index (χ1v) is 9.54. The Morgan fingerprint density at radius 1 is 1.04 bits per heavy atom. The van der Waals surface area contributed by atoms with Gasteiger partial charge in [0, 0.05) is 18.7 Å². The largest absolute Gasteiger partial charge is 0.497 e. The molecule has 0 saturated carbocycles. The highest BCUT2D eigenvalue weighted by Crippen LogP contribution is 2.24. The maximum absolute atomic E-state index is 13.3. The van der Waals surface area contributed by atoms with Crippen LogP contribution in [0.25, 0.3) is 11.4 Å². The van der Waals surface area contributed by atoms with Crippen molar-refractivity contribution >= 4 is 5.91 Å². The summed E-state index contributed by atoms with van der Waals surface area (Å²) in [6, 6.07) is 16.5. The van der Waals surface area contributed by atoms with Crippen LogP contribution in [0, 0.1) is 0 Å². The van der Waals surface area contributed by atoms with Crippen LogP contribution in [0.15, 0.2) is 54.6 Å². The lowest BCUT2D eigenvalue weighted by Crippen LogP contribution is -2.41. The van der Waals surface area contributed by atoms with E-state index < -0.39 is 6.04 Å². The maximum Gasteiger partial charge on any atom is 0.254 e. The molecule has 7 nitrogen and oxygen atoms in total. The van der Waals surface area contributed by atoms with Gasteiger partial charge in [-0.15, -0.1) is 15.0 Å². The molecular formula is C21H23N5O2. The molecule has 0 spiro atoms. The molecule has 4 rings (SSSR count). The van der Waals surface area contributed by atoms with Crippen LogP contribution >= 0.6 is 0 Å². The summed E-state index contributed by atoms with van der Waals surface area (Å²) in [5.41, 5.74) is 1.65. The van der Waals surface area contributed by atoms with Gasteiger partial charge in [0.25, 0.3) is 5.91 Å². The molecule has 28 heavy (non-hydrogen) atoms. The topological polar surface area (TPSA) is 73.1 Å². The maximum atomic E-state index is 13.3. The first kappa shape index (κ1) is 18.2. The van der Waals surface area contributed by atoms with Gasteiger partial charge < -0.3 is 9.64 Å². The number of amides is 1. The molecule has 1 aliphatic rings. The fourth-order valence-corrected chi connectivity index (χ4v) is 3.51. The zero-order valence-corrected chi connectivity index (χ0v) is 15.9. The zero-order valence-electron chi connectivity index (χ0n) is 15.9. The molecule has 2 heterocycles. The Hall–Kier alpha value is -3.22. The van der Waals surface area contributed by atoms with Crippen molar-refractivity contribution < 1.29 is 9.53 Å². The molecule has 1 fully saturated rings. The molecule has 144 valence electrons. The van der Waals surface area contributed by atoms with Crippen molar-refractivity contribution in [3.05, 3.63) is 60.2 Å². The summed E-state index contributed by atoms with van der Waals surface area (Å²) in [5, 5.41) is 13.0. The number of methoxy groups -OCH3 is 1. The van der Waals surface area contributed by atoms with Crippen LogP contribution in [0.2, 0.25) is 0 Å². The summed E-state index contributed by atoms with van der Waals surface area (Å²) in [4.78, 5) is 16.7. The monoisotopic (exact) mass is 377 g/mol. The number of carbonyl (C=O) groups excluding carboxylic acids is 1. The van der Waals surface area contributed by atoms with E-state index in [9.17, 15) is 4.79 Å². The van der Waals surface area contributed by atoms with Gasteiger partial charge in [-0.3, -0.25) is 4.79 Å². The highest BCUT2D eigenvalue weighted by atomic mass is 16.5. The van der Waals surface area contributed by atoms with Gasteiger partial charge >= 0.3 is 0 Å². The SMILES string of the molecule is COc1cccc(-c2nnn([C@@H](C(=O)N3CCCCC3)c3ccccc3)n2)c1. The average molecular weight is 377 g/mol. The second-order valence-corrected chi connectivity index (χ2v) is 6.86. The lowest BCUT2D eigenvalue weighted by atomic mass is 10.0. The van der Waals surface area contributed by atoms with E-state index in [4.69, 9.17) is 4.74 Å². The van der Waals surface area contributed by atoms with E-state index in [0.717, 1.165) is 42.8 Å². The smallest absolute Gasteiger partial charge is 0.254 e. The van der Waals surface area contributed by atoms with E-state index in [2.05, 4.69) is 15.4 Å². The minimum atomic E-state index is -0.619. The van der Waals surface area contributed by atoms with Crippen LogP contribution in [-0.2, 0) is 4.79 Å². The fourth-order valence-electron chi connectivity index (χ4n) is 3.51. The number of rotatable bonds is 5. The van der Waals surface area contributed by atoms with Crippen LogP contribution < -0.4 is 4.74 Å². The van der Waals surface area contributed by atoms with Crippen molar-refractivity contribution in [1.29, 1.82) is 0 Å². The van der Waals surface area contributed by atoms with Crippen molar-refractivity contribution in [2.75, 3.05) is 20.2 Å². The Bertz CT molecular complexity index is 935. The number of benzene rings is 2. The van der Waals surface area contributed by atoms with Crippen molar-refractivity contribution in [3.63, 3.8) is 0 Å². The number of hydrogen-bond acceptors (Lipinski definition) is 5. The number of carbonyl (C=O) groups is 1. The number of tetrazole rings is 1. The summed E-state index contributed by atoms with van der Waals surface area (Å²) < 4.78 is 5.27. The number of hydrogen-bond donors (Lipinski definition) is 0. The molecule has 7 heteroatoms. The minimum absolute atomic E-state index is 0.0143. The Balaban J connectivity index is 1.69. The number of ether oxygens (including phenoxy) is 1. The van der Waals surface area contributed by atoms with Crippen LogP contribution in [0.4, 0.5) is 0 Å².